The molecule has 2 fully saturated rings. The first kappa shape index (κ1) is 28.4. The Kier molecular flexibility index (Phi) is 8.68. The third-order valence-electron chi connectivity index (χ3n) is 7.52. The maximum absolute atomic E-state index is 11.8. The van der Waals surface area contributed by atoms with Gasteiger partial charge in [-0.1, -0.05) is 17.7 Å². The lowest BCUT2D eigenvalue weighted by Crippen LogP contribution is -2.42. The molecule has 11 nitrogen and oxygen atoms in total. The number of nitrogens with zero attached hydrogens (tertiary/aromatic N) is 6. The van der Waals surface area contributed by atoms with Crippen LogP contribution in [-0.4, -0.2) is 75.1 Å². The number of sulfonamides is 1. The predicted molar refractivity (Wildman–Crippen MR) is 152 cm³/mol. The molecule has 0 bridgehead atoms. The summed E-state index contributed by atoms with van der Waals surface area (Å²) in [7, 11) is -3.20. The lowest BCUT2D eigenvalue weighted by molar-refractivity contribution is 0.111. The second-order valence-electron chi connectivity index (χ2n) is 10.5. The molecule has 2 aliphatic rings. The van der Waals surface area contributed by atoms with Gasteiger partial charge in [0.05, 0.1) is 46.7 Å². The molecular formula is C27H33ClN8O3S. The quantitative estimate of drug-likeness (QED) is 0.363. The van der Waals surface area contributed by atoms with Crippen molar-refractivity contribution < 1.29 is 13.5 Å². The number of aliphatic hydroxyl groups excluding tert-OH is 1. The fourth-order valence-corrected chi connectivity index (χ4v) is 6.47. The van der Waals surface area contributed by atoms with Crippen LogP contribution in [0.1, 0.15) is 49.7 Å². The molecule has 1 saturated heterocycles. The van der Waals surface area contributed by atoms with E-state index in [-0.39, 0.29) is 12.1 Å². The Bertz CT molecular complexity index is 1500. The van der Waals surface area contributed by atoms with Crippen molar-refractivity contribution in [3.8, 4) is 23.0 Å². The fraction of sp³-hybridized carbons (Fsp3) is 0.481. The summed E-state index contributed by atoms with van der Waals surface area (Å²) in [5, 5.41) is 31.4. The van der Waals surface area contributed by atoms with Gasteiger partial charge in [0, 0.05) is 43.5 Å². The highest BCUT2D eigenvalue weighted by atomic mass is 35.5. The number of nitriles is 1. The van der Waals surface area contributed by atoms with Crippen LogP contribution in [0.15, 0.2) is 36.8 Å². The first-order valence-electron chi connectivity index (χ1n) is 13.4. The number of nitrogens with one attached hydrogen (secondary N) is 2. The van der Waals surface area contributed by atoms with E-state index in [9.17, 15) is 18.8 Å². The zero-order chi connectivity index (χ0) is 28.3. The molecule has 1 saturated carbocycles. The molecule has 3 heterocycles. The van der Waals surface area contributed by atoms with Gasteiger partial charge in [-0.05, 0) is 56.2 Å². The van der Waals surface area contributed by atoms with E-state index in [1.807, 2.05) is 18.2 Å². The SMILES string of the molecule is CS(=O)(=O)N1CCC(Nc2ncc(C#N)c(-c3cnn(-c4ccc(CN[C@H]5CCC[C@H](O)C5)cc4Cl)c3)n2)CC1. The molecule has 3 aromatic rings. The molecule has 1 aliphatic heterocycles. The summed E-state index contributed by atoms with van der Waals surface area (Å²) in [6.45, 7) is 1.54. The Labute approximate surface area is 239 Å². The van der Waals surface area contributed by atoms with Crippen LogP contribution < -0.4 is 10.6 Å². The molecule has 40 heavy (non-hydrogen) atoms. The van der Waals surface area contributed by atoms with E-state index in [4.69, 9.17) is 11.6 Å². The zero-order valence-electron chi connectivity index (χ0n) is 22.3. The molecule has 3 N–H and O–H groups in total. The highest BCUT2D eigenvalue weighted by Gasteiger charge is 2.25. The van der Waals surface area contributed by atoms with E-state index >= 15 is 0 Å². The van der Waals surface area contributed by atoms with E-state index in [2.05, 4.69) is 31.8 Å². The minimum atomic E-state index is -3.20. The Morgan fingerprint density at radius 1 is 1.18 bits per heavy atom. The van der Waals surface area contributed by atoms with E-state index in [0.29, 0.717) is 72.0 Å². The molecule has 2 aromatic heterocycles. The van der Waals surface area contributed by atoms with Crippen LogP contribution in [0.5, 0.6) is 0 Å². The molecule has 13 heteroatoms. The van der Waals surface area contributed by atoms with Gasteiger partial charge >= 0.3 is 0 Å². The maximum atomic E-state index is 11.8. The number of anilines is 1. The van der Waals surface area contributed by atoms with E-state index in [1.165, 1.54) is 16.8 Å². The van der Waals surface area contributed by atoms with Gasteiger partial charge in [-0.25, -0.2) is 27.4 Å². The Balaban J connectivity index is 1.27. The molecule has 0 radical (unpaired) electrons. The van der Waals surface area contributed by atoms with Gasteiger partial charge in [0.15, 0.2) is 0 Å². The number of halogens is 1. The molecule has 0 unspecified atom stereocenters. The van der Waals surface area contributed by atoms with Crippen molar-refractivity contribution in [2.45, 2.75) is 63.3 Å². The van der Waals surface area contributed by atoms with E-state index in [1.54, 1.807) is 17.1 Å². The van der Waals surface area contributed by atoms with Crippen molar-refractivity contribution in [3.63, 3.8) is 0 Å². The highest BCUT2D eigenvalue weighted by Crippen LogP contribution is 2.27. The fourth-order valence-electron chi connectivity index (χ4n) is 5.30. The summed E-state index contributed by atoms with van der Waals surface area (Å²) < 4.78 is 26.7. The minimum Gasteiger partial charge on any atom is -0.393 e. The monoisotopic (exact) mass is 584 g/mol. The summed E-state index contributed by atoms with van der Waals surface area (Å²) in [5.41, 5.74) is 3.16. The van der Waals surface area contributed by atoms with Crippen molar-refractivity contribution in [1.29, 1.82) is 5.26 Å². The van der Waals surface area contributed by atoms with Crippen LogP contribution in [0.4, 0.5) is 5.95 Å². The Morgan fingerprint density at radius 3 is 2.67 bits per heavy atom. The molecule has 2 atom stereocenters. The first-order valence-corrected chi connectivity index (χ1v) is 15.7. The second kappa shape index (κ2) is 12.2. The van der Waals surface area contributed by atoms with E-state index in [0.717, 1.165) is 31.2 Å². The minimum absolute atomic E-state index is 0.0245. The number of piperidine rings is 1. The van der Waals surface area contributed by atoms with Gasteiger partial charge in [0.2, 0.25) is 16.0 Å². The lowest BCUT2D eigenvalue weighted by Gasteiger charge is -2.30. The number of aromatic nitrogens is 4. The van der Waals surface area contributed by atoms with Crippen LogP contribution in [0.25, 0.3) is 16.9 Å². The third-order valence-corrected chi connectivity index (χ3v) is 9.13. The van der Waals surface area contributed by atoms with Crippen molar-refractivity contribution in [2.24, 2.45) is 0 Å². The number of rotatable bonds is 8. The Hall–Kier alpha value is -3.08. The summed E-state index contributed by atoms with van der Waals surface area (Å²) >= 11 is 6.64. The van der Waals surface area contributed by atoms with Crippen molar-refractivity contribution in [2.75, 3.05) is 24.7 Å². The van der Waals surface area contributed by atoms with Crippen LogP contribution in [-0.2, 0) is 16.6 Å². The zero-order valence-corrected chi connectivity index (χ0v) is 23.9. The van der Waals surface area contributed by atoms with Crippen molar-refractivity contribution >= 4 is 27.6 Å². The summed E-state index contributed by atoms with van der Waals surface area (Å²) in [6, 6.07) is 8.29. The number of hydrogen-bond donors (Lipinski definition) is 3. The van der Waals surface area contributed by atoms with Gasteiger partial charge in [-0.2, -0.15) is 10.4 Å². The van der Waals surface area contributed by atoms with Gasteiger partial charge in [0.25, 0.3) is 0 Å². The molecule has 212 valence electrons. The van der Waals surface area contributed by atoms with Gasteiger partial charge in [-0.3, -0.25) is 0 Å². The normalized spacial score (nSPS) is 20.8. The largest absolute Gasteiger partial charge is 0.393 e. The molecule has 1 aromatic carbocycles. The smallest absolute Gasteiger partial charge is 0.223 e. The summed E-state index contributed by atoms with van der Waals surface area (Å²) in [6.07, 6.45) is 10.9. The van der Waals surface area contributed by atoms with Gasteiger partial charge < -0.3 is 15.7 Å². The predicted octanol–water partition coefficient (Wildman–Crippen LogP) is 3.08. The highest BCUT2D eigenvalue weighted by molar-refractivity contribution is 7.88. The van der Waals surface area contributed by atoms with Gasteiger partial charge in [0.1, 0.15) is 6.07 Å². The molecule has 0 amide bonds. The topological polar surface area (TPSA) is 149 Å². The van der Waals surface area contributed by atoms with Gasteiger partial charge in [-0.15, -0.1) is 0 Å². The molecular weight excluding hydrogens is 552 g/mol. The van der Waals surface area contributed by atoms with Crippen molar-refractivity contribution in [3.05, 3.63) is 52.9 Å². The molecule has 1 aliphatic carbocycles. The number of aliphatic hydroxyl groups is 1. The maximum Gasteiger partial charge on any atom is 0.223 e. The lowest BCUT2D eigenvalue weighted by atomic mass is 9.93. The van der Waals surface area contributed by atoms with Crippen molar-refractivity contribution in [1.82, 2.24) is 29.4 Å². The summed E-state index contributed by atoms with van der Waals surface area (Å²) in [4.78, 5) is 8.90. The number of hydrogen-bond acceptors (Lipinski definition) is 9. The Morgan fingerprint density at radius 2 is 1.98 bits per heavy atom. The summed E-state index contributed by atoms with van der Waals surface area (Å²) in [5.74, 6) is 0.375. The van der Waals surface area contributed by atoms with Crippen LogP contribution in [0.2, 0.25) is 5.02 Å². The van der Waals surface area contributed by atoms with Crippen LogP contribution in [0, 0.1) is 11.3 Å². The van der Waals surface area contributed by atoms with Crippen LogP contribution in [0.3, 0.4) is 0 Å². The average molecular weight is 585 g/mol. The van der Waals surface area contributed by atoms with Crippen LogP contribution >= 0.6 is 11.6 Å². The molecule has 0 spiro atoms. The standard InChI is InChI=1S/C27H33ClN8O3S/c1-40(38,39)35-9-7-21(8-10-35)33-27-31-15-19(13-29)26(34-27)20-16-32-36(17-20)25-6-5-18(11-24(25)28)14-30-22-3-2-4-23(37)12-22/h5-6,11,15-17,21-23,30,37H,2-4,7-10,12,14H2,1H3,(H,31,33,34)/t22-,23-/m0/s1. The first-order chi connectivity index (χ1) is 19.2. The average Bonchev–Trinajstić information content (AvgIpc) is 3.42. The molecule has 5 rings (SSSR count). The number of benzene rings is 1. The third kappa shape index (κ3) is 6.79. The van der Waals surface area contributed by atoms with E-state index < -0.39 is 10.0 Å². The second-order valence-corrected chi connectivity index (χ2v) is 12.9.